The molecule has 0 saturated heterocycles. The number of hydrazone groups is 1. The minimum atomic E-state index is -0.386. The Hall–Kier alpha value is -3.15. The molecule has 0 saturated carbocycles. The fourth-order valence-electron chi connectivity index (χ4n) is 2.56. The zero-order valence-electron chi connectivity index (χ0n) is 15.4. The van der Waals surface area contributed by atoms with Crippen LogP contribution in [0.5, 0.6) is 0 Å². The van der Waals surface area contributed by atoms with Crippen molar-refractivity contribution in [1.82, 2.24) is 5.43 Å². The Morgan fingerprint density at radius 2 is 1.66 bits per heavy atom. The molecule has 3 rings (SSSR count). The molecule has 3 aromatic carbocycles. The van der Waals surface area contributed by atoms with Gasteiger partial charge in [-0.3, -0.25) is 9.59 Å². The van der Waals surface area contributed by atoms with Crippen LogP contribution in [0, 0.1) is 6.92 Å². The molecule has 0 aliphatic heterocycles. The number of hydrogen-bond acceptors (Lipinski definition) is 3. The van der Waals surface area contributed by atoms with E-state index in [0.717, 1.165) is 5.56 Å². The van der Waals surface area contributed by atoms with Gasteiger partial charge in [-0.25, -0.2) is 5.43 Å². The predicted molar refractivity (Wildman–Crippen MR) is 117 cm³/mol. The number of hydrogen-bond donors (Lipinski definition) is 2. The molecule has 0 bridgehead atoms. The van der Waals surface area contributed by atoms with E-state index in [-0.39, 0.29) is 11.8 Å². The summed E-state index contributed by atoms with van der Waals surface area (Å²) >= 11 is 11.9. The Morgan fingerprint density at radius 1 is 0.931 bits per heavy atom. The number of aryl methyl sites for hydroxylation is 1. The van der Waals surface area contributed by atoms with E-state index in [2.05, 4.69) is 15.8 Å². The quantitative estimate of drug-likeness (QED) is 0.428. The van der Waals surface area contributed by atoms with Crippen molar-refractivity contribution in [2.45, 2.75) is 6.92 Å². The Bertz CT molecular complexity index is 1080. The molecule has 0 unspecified atom stereocenters. The van der Waals surface area contributed by atoms with Crippen LogP contribution in [0.1, 0.15) is 31.8 Å². The Morgan fingerprint density at radius 3 is 2.34 bits per heavy atom. The maximum atomic E-state index is 12.3. The summed E-state index contributed by atoms with van der Waals surface area (Å²) in [6.45, 7) is 1.88. The lowest BCUT2D eigenvalue weighted by atomic mass is 10.1. The highest BCUT2D eigenvalue weighted by molar-refractivity contribution is 6.36. The molecule has 0 heterocycles. The van der Waals surface area contributed by atoms with Crippen LogP contribution in [0.2, 0.25) is 10.0 Å². The first-order valence-corrected chi connectivity index (χ1v) is 9.45. The topological polar surface area (TPSA) is 70.6 Å². The normalized spacial score (nSPS) is 10.7. The van der Waals surface area contributed by atoms with E-state index in [1.807, 2.05) is 25.1 Å². The summed E-state index contributed by atoms with van der Waals surface area (Å²) in [5.41, 5.74) is 5.54. The summed E-state index contributed by atoms with van der Waals surface area (Å²) in [5.74, 6) is -0.590. The van der Waals surface area contributed by atoms with Crippen molar-refractivity contribution < 1.29 is 9.59 Å². The lowest BCUT2D eigenvalue weighted by Gasteiger charge is -2.08. The SMILES string of the molecule is Cc1ccccc1C(=O)Nc1ccc(C(=O)N/N=C/c2ccc(Cl)cc2Cl)cc1. The number of rotatable bonds is 5. The van der Waals surface area contributed by atoms with E-state index >= 15 is 0 Å². The summed E-state index contributed by atoms with van der Waals surface area (Å²) in [4.78, 5) is 24.6. The van der Waals surface area contributed by atoms with Gasteiger partial charge in [-0.1, -0.05) is 47.5 Å². The minimum absolute atomic E-state index is 0.204. The van der Waals surface area contributed by atoms with E-state index in [4.69, 9.17) is 23.2 Å². The fourth-order valence-corrected chi connectivity index (χ4v) is 3.02. The summed E-state index contributed by atoms with van der Waals surface area (Å²) in [6, 6.07) is 18.8. The lowest BCUT2D eigenvalue weighted by Crippen LogP contribution is -2.18. The van der Waals surface area contributed by atoms with Gasteiger partial charge in [0.2, 0.25) is 0 Å². The van der Waals surface area contributed by atoms with Gasteiger partial charge in [0.05, 0.1) is 11.2 Å². The third kappa shape index (κ3) is 5.44. The van der Waals surface area contributed by atoms with Gasteiger partial charge in [0.15, 0.2) is 0 Å². The van der Waals surface area contributed by atoms with Crippen LogP contribution in [-0.4, -0.2) is 18.0 Å². The van der Waals surface area contributed by atoms with Gasteiger partial charge in [-0.15, -0.1) is 0 Å². The van der Waals surface area contributed by atoms with Gasteiger partial charge in [0.25, 0.3) is 11.8 Å². The second-order valence-electron chi connectivity index (χ2n) is 6.21. The maximum absolute atomic E-state index is 12.3. The number of halogens is 2. The molecule has 29 heavy (non-hydrogen) atoms. The van der Waals surface area contributed by atoms with Gasteiger partial charge in [-0.2, -0.15) is 5.10 Å². The summed E-state index contributed by atoms with van der Waals surface area (Å²) in [7, 11) is 0. The number of nitrogens with zero attached hydrogens (tertiary/aromatic N) is 1. The van der Waals surface area contributed by atoms with E-state index in [0.29, 0.717) is 32.4 Å². The predicted octanol–water partition coefficient (Wildman–Crippen LogP) is 5.32. The highest BCUT2D eigenvalue weighted by atomic mass is 35.5. The number of benzene rings is 3. The van der Waals surface area contributed by atoms with Crippen LogP contribution in [0.4, 0.5) is 5.69 Å². The number of carbonyl (C=O) groups excluding carboxylic acids is 2. The molecule has 0 aliphatic carbocycles. The van der Waals surface area contributed by atoms with Crippen molar-refractivity contribution in [1.29, 1.82) is 0 Å². The van der Waals surface area contributed by atoms with Gasteiger partial charge >= 0.3 is 0 Å². The third-order valence-electron chi connectivity index (χ3n) is 4.13. The molecule has 5 nitrogen and oxygen atoms in total. The number of anilines is 1. The molecular formula is C22H17Cl2N3O2. The molecule has 0 aromatic heterocycles. The highest BCUT2D eigenvalue weighted by Gasteiger charge is 2.09. The van der Waals surface area contributed by atoms with Crippen molar-refractivity contribution in [3.63, 3.8) is 0 Å². The molecule has 0 aliphatic rings. The molecular weight excluding hydrogens is 409 g/mol. The van der Waals surface area contributed by atoms with Crippen molar-refractivity contribution in [2.75, 3.05) is 5.32 Å². The zero-order chi connectivity index (χ0) is 20.8. The van der Waals surface area contributed by atoms with Crippen molar-refractivity contribution in [3.05, 3.63) is 99.0 Å². The standard InChI is InChI=1S/C22H17Cl2N3O2/c1-14-4-2-3-5-19(14)22(29)26-18-10-7-15(8-11-18)21(28)27-25-13-16-6-9-17(23)12-20(16)24/h2-13H,1H3,(H,26,29)(H,27,28)/b25-13+. The smallest absolute Gasteiger partial charge is 0.271 e. The van der Waals surface area contributed by atoms with E-state index < -0.39 is 0 Å². The molecule has 2 N–H and O–H groups in total. The lowest BCUT2D eigenvalue weighted by molar-refractivity contribution is 0.0954. The van der Waals surface area contributed by atoms with Gasteiger partial charge < -0.3 is 5.32 Å². The van der Waals surface area contributed by atoms with Gasteiger partial charge in [0.1, 0.15) is 0 Å². The summed E-state index contributed by atoms with van der Waals surface area (Å²) in [5, 5.41) is 7.68. The molecule has 0 fully saturated rings. The van der Waals surface area contributed by atoms with Crippen molar-refractivity contribution in [3.8, 4) is 0 Å². The van der Waals surface area contributed by atoms with Gasteiger partial charge in [-0.05, 0) is 55.0 Å². The Kier molecular flexibility index (Phi) is 6.65. The van der Waals surface area contributed by atoms with Crippen LogP contribution in [0.3, 0.4) is 0 Å². The van der Waals surface area contributed by atoms with Crippen LogP contribution in [-0.2, 0) is 0 Å². The minimum Gasteiger partial charge on any atom is -0.322 e. The van der Waals surface area contributed by atoms with Crippen molar-refractivity contribution in [2.24, 2.45) is 5.10 Å². The van der Waals surface area contributed by atoms with Crippen LogP contribution in [0.15, 0.2) is 71.8 Å². The number of amides is 2. The van der Waals surface area contributed by atoms with E-state index in [1.54, 1.807) is 48.5 Å². The molecule has 7 heteroatoms. The molecule has 0 radical (unpaired) electrons. The second kappa shape index (κ2) is 9.37. The Balaban J connectivity index is 1.60. The monoisotopic (exact) mass is 425 g/mol. The molecule has 146 valence electrons. The largest absolute Gasteiger partial charge is 0.322 e. The zero-order valence-corrected chi connectivity index (χ0v) is 17.0. The average molecular weight is 426 g/mol. The molecule has 3 aromatic rings. The summed E-state index contributed by atoms with van der Waals surface area (Å²) in [6.07, 6.45) is 1.44. The molecule has 2 amide bonds. The van der Waals surface area contributed by atoms with E-state index in [1.165, 1.54) is 6.21 Å². The maximum Gasteiger partial charge on any atom is 0.271 e. The first-order chi connectivity index (χ1) is 13.9. The summed E-state index contributed by atoms with van der Waals surface area (Å²) < 4.78 is 0. The molecule has 0 atom stereocenters. The van der Waals surface area contributed by atoms with Gasteiger partial charge in [0, 0.05) is 27.4 Å². The third-order valence-corrected chi connectivity index (χ3v) is 4.69. The Labute approximate surface area is 178 Å². The van der Waals surface area contributed by atoms with Crippen LogP contribution < -0.4 is 10.7 Å². The van der Waals surface area contributed by atoms with Crippen LogP contribution in [0.25, 0.3) is 0 Å². The number of nitrogens with one attached hydrogen (secondary N) is 2. The number of carbonyl (C=O) groups is 2. The highest BCUT2D eigenvalue weighted by Crippen LogP contribution is 2.19. The first-order valence-electron chi connectivity index (χ1n) is 8.69. The van der Waals surface area contributed by atoms with Crippen LogP contribution >= 0.6 is 23.2 Å². The fraction of sp³-hybridized carbons (Fsp3) is 0.0455. The van der Waals surface area contributed by atoms with E-state index in [9.17, 15) is 9.59 Å². The second-order valence-corrected chi connectivity index (χ2v) is 7.05. The average Bonchev–Trinajstić information content (AvgIpc) is 2.70. The van der Waals surface area contributed by atoms with Crippen molar-refractivity contribution >= 4 is 46.9 Å². The first kappa shape index (κ1) is 20.6. The molecule has 0 spiro atoms.